The van der Waals surface area contributed by atoms with Gasteiger partial charge in [0.2, 0.25) is 5.91 Å². The van der Waals surface area contributed by atoms with E-state index in [0.29, 0.717) is 35.6 Å². The number of benzene rings is 1. The van der Waals surface area contributed by atoms with Crippen LogP contribution in [0.5, 0.6) is 0 Å². The van der Waals surface area contributed by atoms with E-state index in [1.54, 1.807) is 24.3 Å². The van der Waals surface area contributed by atoms with Gasteiger partial charge < -0.3 is 0 Å². The average molecular weight is 382 g/mol. The zero-order chi connectivity index (χ0) is 19.7. The van der Waals surface area contributed by atoms with Crippen molar-refractivity contribution in [2.45, 2.75) is 52.0 Å². The highest BCUT2D eigenvalue weighted by molar-refractivity contribution is 6.05. The summed E-state index contributed by atoms with van der Waals surface area (Å²) in [6, 6.07) is 6.92. The summed E-state index contributed by atoms with van der Waals surface area (Å²) >= 11 is 0. The monoisotopic (exact) mass is 382 g/mol. The van der Waals surface area contributed by atoms with E-state index in [1.807, 2.05) is 6.92 Å². The summed E-state index contributed by atoms with van der Waals surface area (Å²) in [5.41, 5.74) is 4.94. The smallest absolute Gasteiger partial charge is 0.273 e. The zero-order valence-electron chi connectivity index (χ0n) is 16.1. The van der Waals surface area contributed by atoms with Crippen molar-refractivity contribution in [3.05, 3.63) is 40.3 Å². The summed E-state index contributed by atoms with van der Waals surface area (Å²) in [5.74, 6) is 1.20. The molecule has 2 aromatic rings. The van der Waals surface area contributed by atoms with Crippen molar-refractivity contribution < 1.29 is 9.59 Å². The lowest BCUT2D eigenvalue weighted by Crippen LogP contribution is -2.43. The molecule has 2 N–H and O–H groups in total. The van der Waals surface area contributed by atoms with Gasteiger partial charge in [-0.1, -0.05) is 31.5 Å². The quantitative estimate of drug-likeness (QED) is 0.777. The summed E-state index contributed by atoms with van der Waals surface area (Å²) in [7, 11) is 0. The first kappa shape index (κ1) is 18.7. The fourth-order valence-corrected chi connectivity index (χ4v) is 4.87. The Balaban J connectivity index is 1.47. The van der Waals surface area contributed by atoms with Crippen LogP contribution in [0.25, 0.3) is 10.8 Å². The number of amides is 2. The zero-order valence-corrected chi connectivity index (χ0v) is 16.1. The van der Waals surface area contributed by atoms with Crippen molar-refractivity contribution in [2.24, 2.45) is 17.8 Å². The first-order valence-electron chi connectivity index (χ1n) is 10.2. The van der Waals surface area contributed by atoms with Gasteiger partial charge in [-0.3, -0.25) is 25.2 Å². The molecule has 148 valence electrons. The molecule has 2 saturated carbocycles. The lowest BCUT2D eigenvalue weighted by Gasteiger charge is -2.21. The molecule has 0 radical (unpaired) electrons. The van der Waals surface area contributed by atoms with Gasteiger partial charge in [-0.05, 0) is 49.5 Å². The molecule has 28 heavy (non-hydrogen) atoms. The van der Waals surface area contributed by atoms with Gasteiger partial charge in [0, 0.05) is 18.4 Å². The molecule has 4 rings (SSSR count). The van der Waals surface area contributed by atoms with Gasteiger partial charge >= 0.3 is 0 Å². The van der Waals surface area contributed by atoms with Crippen molar-refractivity contribution in [3.8, 4) is 0 Å². The van der Waals surface area contributed by atoms with E-state index < -0.39 is 5.91 Å². The van der Waals surface area contributed by atoms with Gasteiger partial charge in [0.1, 0.15) is 0 Å². The first-order chi connectivity index (χ1) is 13.6. The van der Waals surface area contributed by atoms with Crippen molar-refractivity contribution in [1.82, 2.24) is 20.6 Å². The van der Waals surface area contributed by atoms with Gasteiger partial charge in [0.15, 0.2) is 5.69 Å². The first-order valence-corrected chi connectivity index (χ1v) is 10.2. The normalized spacial score (nSPS) is 23.1. The third kappa shape index (κ3) is 3.53. The minimum absolute atomic E-state index is 0.142. The molecule has 0 unspecified atom stereocenters. The molecule has 7 nitrogen and oxygen atoms in total. The molecule has 2 bridgehead atoms. The average Bonchev–Trinajstić information content (AvgIpc) is 3.31. The molecule has 0 spiro atoms. The standard InChI is InChI=1S/C21H26N4O3/c1-2-9-25-21(28)17-6-4-3-5-16(17)19(24-25)20(27)23-22-18(26)12-15-11-13-7-8-14(15)10-13/h3-6,13-15H,2,7-12H2,1H3,(H,22,26)(H,23,27)/t13-,14+,15+/m0/s1. The van der Waals surface area contributed by atoms with Gasteiger partial charge in [-0.2, -0.15) is 5.10 Å². The molecule has 1 aromatic heterocycles. The maximum Gasteiger partial charge on any atom is 0.290 e. The Morgan fingerprint density at radius 3 is 2.61 bits per heavy atom. The predicted octanol–water partition coefficient (Wildman–Crippen LogP) is 2.39. The number of carbonyl (C=O) groups is 2. The number of hydrazine groups is 1. The Labute approximate surface area is 163 Å². The van der Waals surface area contributed by atoms with Gasteiger partial charge in [-0.25, -0.2) is 4.68 Å². The molecule has 2 fully saturated rings. The van der Waals surface area contributed by atoms with Crippen LogP contribution in [0, 0.1) is 17.8 Å². The minimum Gasteiger partial charge on any atom is -0.273 e. The van der Waals surface area contributed by atoms with Crippen LogP contribution in [-0.4, -0.2) is 21.6 Å². The number of carbonyl (C=O) groups excluding carboxylic acids is 2. The van der Waals surface area contributed by atoms with Crippen LogP contribution in [0.1, 0.15) is 55.9 Å². The van der Waals surface area contributed by atoms with Crippen LogP contribution in [0.4, 0.5) is 0 Å². The van der Waals surface area contributed by atoms with E-state index in [1.165, 1.54) is 23.9 Å². The molecular formula is C21H26N4O3. The second kappa shape index (κ2) is 7.73. The molecule has 1 heterocycles. The lowest BCUT2D eigenvalue weighted by atomic mass is 9.86. The van der Waals surface area contributed by atoms with Crippen LogP contribution in [0.2, 0.25) is 0 Å². The number of aromatic nitrogens is 2. The summed E-state index contributed by atoms with van der Waals surface area (Å²) in [6.45, 7) is 2.37. The summed E-state index contributed by atoms with van der Waals surface area (Å²) in [5, 5.41) is 5.18. The third-order valence-corrected chi connectivity index (χ3v) is 6.17. The maximum atomic E-state index is 12.7. The molecule has 2 aliphatic rings. The molecule has 7 heteroatoms. The molecular weight excluding hydrogens is 356 g/mol. The summed E-state index contributed by atoms with van der Waals surface area (Å²) in [4.78, 5) is 37.5. The molecule has 3 atom stereocenters. The molecule has 0 aliphatic heterocycles. The van der Waals surface area contributed by atoms with E-state index in [9.17, 15) is 14.4 Å². The maximum absolute atomic E-state index is 12.7. The SMILES string of the molecule is CCCn1nc(C(=O)NNC(=O)C[C@H]2C[C@H]3CC[C@@H]2C3)c2ccccc2c1=O. The second-order valence-corrected chi connectivity index (χ2v) is 8.06. The molecule has 0 saturated heterocycles. The van der Waals surface area contributed by atoms with Crippen LogP contribution < -0.4 is 16.4 Å². The number of rotatable bonds is 5. The predicted molar refractivity (Wildman–Crippen MR) is 105 cm³/mol. The van der Waals surface area contributed by atoms with Crippen molar-refractivity contribution in [2.75, 3.05) is 0 Å². The van der Waals surface area contributed by atoms with Crippen LogP contribution in [0.15, 0.2) is 29.1 Å². The highest BCUT2D eigenvalue weighted by Gasteiger charge is 2.40. The highest BCUT2D eigenvalue weighted by atomic mass is 16.2. The Bertz CT molecular complexity index is 968. The number of fused-ring (bicyclic) bond motifs is 3. The van der Waals surface area contributed by atoms with Crippen molar-refractivity contribution >= 4 is 22.6 Å². The van der Waals surface area contributed by atoms with E-state index in [0.717, 1.165) is 18.8 Å². The van der Waals surface area contributed by atoms with Crippen LogP contribution >= 0.6 is 0 Å². The number of nitrogens with zero attached hydrogens (tertiary/aromatic N) is 2. The summed E-state index contributed by atoms with van der Waals surface area (Å²) < 4.78 is 1.31. The number of aryl methyl sites for hydroxylation is 1. The van der Waals surface area contributed by atoms with E-state index in [2.05, 4.69) is 16.0 Å². The number of hydrogen-bond acceptors (Lipinski definition) is 4. The minimum atomic E-state index is -0.512. The second-order valence-electron chi connectivity index (χ2n) is 8.06. The Kier molecular flexibility index (Phi) is 5.15. The van der Waals surface area contributed by atoms with E-state index >= 15 is 0 Å². The fourth-order valence-electron chi connectivity index (χ4n) is 4.87. The van der Waals surface area contributed by atoms with Crippen LogP contribution in [-0.2, 0) is 11.3 Å². The van der Waals surface area contributed by atoms with Crippen molar-refractivity contribution in [3.63, 3.8) is 0 Å². The highest BCUT2D eigenvalue weighted by Crippen LogP contribution is 2.49. The van der Waals surface area contributed by atoms with Gasteiger partial charge in [0.25, 0.3) is 11.5 Å². The Morgan fingerprint density at radius 2 is 1.93 bits per heavy atom. The van der Waals surface area contributed by atoms with Crippen molar-refractivity contribution in [1.29, 1.82) is 0 Å². The Hall–Kier alpha value is -2.70. The Morgan fingerprint density at radius 1 is 1.14 bits per heavy atom. The van der Waals surface area contributed by atoms with E-state index in [4.69, 9.17) is 0 Å². The lowest BCUT2D eigenvalue weighted by molar-refractivity contribution is -0.123. The topological polar surface area (TPSA) is 93.1 Å². The van der Waals surface area contributed by atoms with Crippen LogP contribution in [0.3, 0.4) is 0 Å². The molecule has 2 amide bonds. The largest absolute Gasteiger partial charge is 0.290 e. The van der Waals surface area contributed by atoms with Gasteiger partial charge in [-0.15, -0.1) is 0 Å². The third-order valence-electron chi connectivity index (χ3n) is 6.17. The number of hydrogen-bond donors (Lipinski definition) is 2. The number of nitrogens with one attached hydrogen (secondary N) is 2. The van der Waals surface area contributed by atoms with E-state index in [-0.39, 0.29) is 17.2 Å². The molecule has 2 aliphatic carbocycles. The van der Waals surface area contributed by atoms with Gasteiger partial charge in [0.05, 0.1) is 5.39 Å². The summed E-state index contributed by atoms with van der Waals surface area (Å²) in [6.07, 6.45) is 6.08. The molecule has 1 aromatic carbocycles. The fraction of sp³-hybridized carbons (Fsp3) is 0.524.